The van der Waals surface area contributed by atoms with E-state index >= 15 is 0 Å². The second-order valence-electron chi connectivity index (χ2n) is 7.65. The van der Waals surface area contributed by atoms with Crippen molar-refractivity contribution in [2.45, 2.75) is 59.0 Å². The highest BCUT2D eigenvalue weighted by Crippen LogP contribution is 2.19. The second-order valence-corrected chi connectivity index (χ2v) is 7.65. The van der Waals surface area contributed by atoms with Gasteiger partial charge in [0.2, 0.25) is 11.8 Å². The quantitative estimate of drug-likeness (QED) is 0.871. The number of aromatic nitrogens is 2. The van der Waals surface area contributed by atoms with Crippen LogP contribution in [0.15, 0.2) is 4.52 Å². The van der Waals surface area contributed by atoms with Gasteiger partial charge in [-0.2, -0.15) is 4.98 Å². The van der Waals surface area contributed by atoms with Crippen molar-refractivity contribution in [3.05, 3.63) is 11.7 Å². The molecule has 8 heteroatoms. The maximum absolute atomic E-state index is 12.2. The summed E-state index contributed by atoms with van der Waals surface area (Å²) in [5.74, 6) is 1.14. The summed E-state index contributed by atoms with van der Waals surface area (Å²) in [4.78, 5) is 30.1. The predicted octanol–water partition coefficient (Wildman–Crippen LogP) is 2.11. The van der Waals surface area contributed by atoms with Crippen LogP contribution >= 0.6 is 0 Å². The number of rotatable bonds is 5. The molecule has 0 saturated carbocycles. The van der Waals surface area contributed by atoms with Crippen LogP contribution in [0.4, 0.5) is 4.79 Å². The van der Waals surface area contributed by atoms with Crippen molar-refractivity contribution < 1.29 is 18.8 Å². The Morgan fingerprint density at radius 3 is 2.72 bits per heavy atom. The van der Waals surface area contributed by atoms with Gasteiger partial charge in [-0.05, 0) is 27.2 Å². The van der Waals surface area contributed by atoms with E-state index in [9.17, 15) is 9.59 Å². The van der Waals surface area contributed by atoms with Crippen LogP contribution < -0.4 is 5.32 Å². The number of carbonyl (C=O) groups is 2. The molecule has 8 nitrogen and oxygen atoms in total. The van der Waals surface area contributed by atoms with Crippen LogP contribution in [0.1, 0.15) is 58.7 Å². The molecule has 1 atom stereocenters. The van der Waals surface area contributed by atoms with Gasteiger partial charge in [-0.25, -0.2) is 4.79 Å². The number of hydrogen-bond acceptors (Lipinski definition) is 6. The number of nitrogens with zero attached hydrogens (tertiary/aromatic N) is 3. The van der Waals surface area contributed by atoms with Gasteiger partial charge in [0, 0.05) is 32.0 Å². The summed E-state index contributed by atoms with van der Waals surface area (Å²) in [6, 6.07) is 0. The SMILES string of the molecule is CC(C)c1noc(CCNC(=O)C2CCN(C(=O)OC(C)(C)C)C2)n1. The van der Waals surface area contributed by atoms with E-state index in [1.165, 1.54) is 0 Å². The number of hydrogen-bond donors (Lipinski definition) is 1. The first-order chi connectivity index (χ1) is 11.7. The van der Waals surface area contributed by atoms with E-state index in [0.717, 1.165) is 0 Å². The lowest BCUT2D eigenvalue weighted by Crippen LogP contribution is -2.38. The van der Waals surface area contributed by atoms with Crippen LogP contribution in [0.3, 0.4) is 0 Å². The zero-order valence-electron chi connectivity index (χ0n) is 15.7. The van der Waals surface area contributed by atoms with Gasteiger partial charge in [0.1, 0.15) is 5.60 Å². The molecule has 0 aliphatic carbocycles. The van der Waals surface area contributed by atoms with Gasteiger partial charge in [-0.1, -0.05) is 19.0 Å². The van der Waals surface area contributed by atoms with Crippen LogP contribution in [0.5, 0.6) is 0 Å². The third kappa shape index (κ3) is 5.72. The minimum atomic E-state index is -0.531. The van der Waals surface area contributed by atoms with Crippen LogP contribution in [0.2, 0.25) is 0 Å². The summed E-state index contributed by atoms with van der Waals surface area (Å²) in [5, 5.41) is 6.77. The van der Waals surface area contributed by atoms with Crippen LogP contribution in [-0.2, 0) is 16.0 Å². The zero-order valence-corrected chi connectivity index (χ0v) is 15.7. The molecule has 1 saturated heterocycles. The molecule has 1 N–H and O–H groups in total. The molecule has 0 aromatic carbocycles. The molecule has 0 spiro atoms. The largest absolute Gasteiger partial charge is 0.444 e. The van der Waals surface area contributed by atoms with Gasteiger partial charge in [0.15, 0.2) is 5.82 Å². The molecule has 0 bridgehead atoms. The zero-order chi connectivity index (χ0) is 18.6. The Labute approximate surface area is 148 Å². The monoisotopic (exact) mass is 352 g/mol. The molecular formula is C17H28N4O4. The highest BCUT2D eigenvalue weighted by atomic mass is 16.6. The van der Waals surface area contributed by atoms with Gasteiger partial charge < -0.3 is 19.5 Å². The van der Waals surface area contributed by atoms with Crippen molar-refractivity contribution in [3.63, 3.8) is 0 Å². The lowest BCUT2D eigenvalue weighted by molar-refractivity contribution is -0.124. The lowest BCUT2D eigenvalue weighted by Gasteiger charge is -2.24. The van der Waals surface area contributed by atoms with Gasteiger partial charge >= 0.3 is 6.09 Å². The van der Waals surface area contributed by atoms with Crippen molar-refractivity contribution in [3.8, 4) is 0 Å². The molecule has 1 aliphatic heterocycles. The Morgan fingerprint density at radius 2 is 2.12 bits per heavy atom. The summed E-state index contributed by atoms with van der Waals surface area (Å²) < 4.78 is 10.5. The van der Waals surface area contributed by atoms with Gasteiger partial charge in [0.05, 0.1) is 5.92 Å². The minimum absolute atomic E-state index is 0.0605. The average molecular weight is 352 g/mol. The Morgan fingerprint density at radius 1 is 1.40 bits per heavy atom. The van der Waals surface area contributed by atoms with E-state index in [0.29, 0.717) is 44.2 Å². The third-order valence-corrected chi connectivity index (χ3v) is 3.85. The smallest absolute Gasteiger partial charge is 0.410 e. The topological polar surface area (TPSA) is 97.6 Å². The van der Waals surface area contributed by atoms with Crippen LogP contribution in [-0.4, -0.2) is 52.3 Å². The summed E-state index contributed by atoms with van der Waals surface area (Å²) in [6.45, 7) is 10.8. The molecule has 2 rings (SSSR count). The van der Waals surface area contributed by atoms with Crippen molar-refractivity contribution in [2.24, 2.45) is 5.92 Å². The van der Waals surface area contributed by atoms with E-state index in [1.807, 2.05) is 34.6 Å². The molecule has 25 heavy (non-hydrogen) atoms. The number of nitrogens with one attached hydrogen (secondary N) is 1. The van der Waals surface area contributed by atoms with Crippen molar-refractivity contribution in [1.29, 1.82) is 0 Å². The molecule has 2 heterocycles. The normalized spacial score (nSPS) is 17.8. The van der Waals surface area contributed by atoms with Crippen molar-refractivity contribution >= 4 is 12.0 Å². The summed E-state index contributed by atoms with van der Waals surface area (Å²) in [6.07, 6.45) is 0.770. The fourth-order valence-electron chi connectivity index (χ4n) is 2.51. The summed E-state index contributed by atoms with van der Waals surface area (Å²) in [7, 11) is 0. The predicted molar refractivity (Wildman–Crippen MR) is 91.0 cm³/mol. The molecule has 2 amide bonds. The Bertz CT molecular complexity index is 606. The molecule has 1 unspecified atom stereocenters. The molecule has 1 aromatic rings. The Kier molecular flexibility index (Phi) is 6.02. The van der Waals surface area contributed by atoms with Gasteiger partial charge in [-0.15, -0.1) is 0 Å². The van der Waals surface area contributed by atoms with E-state index in [4.69, 9.17) is 9.26 Å². The van der Waals surface area contributed by atoms with Crippen molar-refractivity contribution in [2.75, 3.05) is 19.6 Å². The average Bonchev–Trinajstić information content (AvgIpc) is 3.14. The first-order valence-corrected chi connectivity index (χ1v) is 8.74. The summed E-state index contributed by atoms with van der Waals surface area (Å²) >= 11 is 0. The number of amides is 2. The fraction of sp³-hybridized carbons (Fsp3) is 0.765. The first-order valence-electron chi connectivity index (χ1n) is 8.74. The van der Waals surface area contributed by atoms with Gasteiger partial charge in [0.25, 0.3) is 0 Å². The first kappa shape index (κ1) is 19.2. The lowest BCUT2D eigenvalue weighted by atomic mass is 10.1. The number of likely N-dealkylation sites (tertiary alicyclic amines) is 1. The van der Waals surface area contributed by atoms with E-state index in [2.05, 4.69) is 15.5 Å². The second kappa shape index (κ2) is 7.84. The standard InChI is InChI=1S/C17H28N4O4/c1-11(2)14-19-13(25-20-14)6-8-18-15(22)12-7-9-21(10-12)16(23)24-17(3,4)5/h11-12H,6-10H2,1-5H3,(H,18,22). The summed E-state index contributed by atoms with van der Waals surface area (Å²) in [5.41, 5.74) is -0.531. The molecule has 1 aromatic heterocycles. The van der Waals surface area contributed by atoms with E-state index in [-0.39, 0.29) is 23.8 Å². The Balaban J connectivity index is 1.73. The van der Waals surface area contributed by atoms with Crippen LogP contribution in [0.25, 0.3) is 0 Å². The minimum Gasteiger partial charge on any atom is -0.444 e. The fourth-order valence-corrected chi connectivity index (χ4v) is 2.51. The highest BCUT2D eigenvalue weighted by molar-refractivity contribution is 5.80. The molecule has 1 aliphatic rings. The highest BCUT2D eigenvalue weighted by Gasteiger charge is 2.33. The number of carbonyl (C=O) groups excluding carboxylic acids is 2. The molecule has 140 valence electrons. The van der Waals surface area contributed by atoms with Crippen LogP contribution in [0, 0.1) is 5.92 Å². The maximum atomic E-state index is 12.2. The van der Waals surface area contributed by atoms with E-state index in [1.54, 1.807) is 4.90 Å². The maximum Gasteiger partial charge on any atom is 0.410 e. The van der Waals surface area contributed by atoms with E-state index < -0.39 is 5.60 Å². The Hall–Kier alpha value is -2.12. The third-order valence-electron chi connectivity index (χ3n) is 3.85. The number of ether oxygens (including phenoxy) is 1. The van der Waals surface area contributed by atoms with Crippen molar-refractivity contribution in [1.82, 2.24) is 20.4 Å². The molecule has 0 radical (unpaired) electrons. The van der Waals surface area contributed by atoms with Gasteiger partial charge in [-0.3, -0.25) is 4.79 Å². The molecule has 1 fully saturated rings. The molecular weight excluding hydrogens is 324 g/mol.